The molecular formula is C4H9ClN2O2S. The van der Waals surface area contributed by atoms with Gasteiger partial charge in [0.15, 0.2) is 0 Å². The quantitative estimate of drug-likeness (QED) is 0.582. The number of thioether (sulfide) groups is 1. The molecule has 0 radical (unpaired) electrons. The fourth-order valence-corrected chi connectivity index (χ4v) is 0.631. The van der Waals surface area contributed by atoms with Crippen molar-refractivity contribution in [2.75, 3.05) is 13.1 Å². The summed E-state index contributed by atoms with van der Waals surface area (Å²) in [5.74, 6) is 0. The van der Waals surface area contributed by atoms with Gasteiger partial charge in [0.25, 0.3) is 0 Å². The Hall–Kier alpha value is -0.100. The van der Waals surface area contributed by atoms with Crippen molar-refractivity contribution < 1.29 is 9.59 Å². The summed E-state index contributed by atoms with van der Waals surface area (Å²) in [5, 5.41) is -0.684. The Morgan fingerprint density at radius 2 is 1.40 bits per heavy atom. The van der Waals surface area contributed by atoms with E-state index in [4.69, 9.17) is 11.5 Å². The molecule has 4 N–H and O–H groups in total. The van der Waals surface area contributed by atoms with Crippen molar-refractivity contribution in [2.45, 2.75) is 0 Å². The van der Waals surface area contributed by atoms with Gasteiger partial charge in [-0.3, -0.25) is 9.59 Å². The minimum Gasteiger partial charge on any atom is -0.323 e. The van der Waals surface area contributed by atoms with Gasteiger partial charge in [0.05, 0.1) is 13.1 Å². The largest absolute Gasteiger partial charge is 0.323 e. The highest BCUT2D eigenvalue weighted by Crippen LogP contribution is 1.99. The van der Waals surface area contributed by atoms with Crippen LogP contribution in [-0.2, 0) is 9.59 Å². The lowest BCUT2D eigenvalue weighted by molar-refractivity contribution is -0.111. The van der Waals surface area contributed by atoms with Crippen LogP contribution in [0.15, 0.2) is 0 Å². The molecule has 0 saturated heterocycles. The zero-order valence-corrected chi connectivity index (χ0v) is 6.83. The van der Waals surface area contributed by atoms with Crippen molar-refractivity contribution in [1.29, 1.82) is 0 Å². The third-order valence-electron chi connectivity index (χ3n) is 0.561. The molecule has 0 aromatic carbocycles. The van der Waals surface area contributed by atoms with Gasteiger partial charge >= 0.3 is 0 Å². The van der Waals surface area contributed by atoms with Gasteiger partial charge < -0.3 is 11.5 Å². The van der Waals surface area contributed by atoms with Gasteiger partial charge in [-0.2, -0.15) is 0 Å². The van der Waals surface area contributed by atoms with Crippen LogP contribution in [0, 0.1) is 0 Å². The molecule has 0 spiro atoms. The van der Waals surface area contributed by atoms with Gasteiger partial charge in [-0.05, 0) is 11.8 Å². The van der Waals surface area contributed by atoms with Gasteiger partial charge in [-0.25, -0.2) is 0 Å². The fourth-order valence-electron chi connectivity index (χ4n) is 0.210. The molecule has 4 nitrogen and oxygen atoms in total. The number of carbonyl (C=O) groups is 2. The maximum atomic E-state index is 10.3. The van der Waals surface area contributed by atoms with Crippen molar-refractivity contribution in [1.82, 2.24) is 0 Å². The summed E-state index contributed by atoms with van der Waals surface area (Å²) in [6.07, 6.45) is 0. The van der Waals surface area contributed by atoms with E-state index in [1.54, 1.807) is 0 Å². The van der Waals surface area contributed by atoms with Crippen LogP contribution in [0.3, 0.4) is 0 Å². The standard InChI is InChI=1S/C4H8N2O2S.ClH/c5-1-3(7)9-4(8)2-6;/h1-2,5-6H2;1H. The lowest BCUT2D eigenvalue weighted by Gasteiger charge is -1.90. The smallest absolute Gasteiger partial charge is 0.210 e. The summed E-state index contributed by atoms with van der Waals surface area (Å²) in [7, 11) is 0. The zero-order valence-electron chi connectivity index (χ0n) is 5.20. The van der Waals surface area contributed by atoms with E-state index < -0.39 is 0 Å². The molecule has 0 fully saturated rings. The second-order valence-corrected chi connectivity index (χ2v) is 2.37. The monoisotopic (exact) mass is 184 g/mol. The molecule has 0 rings (SSSR count). The van der Waals surface area contributed by atoms with E-state index >= 15 is 0 Å². The van der Waals surface area contributed by atoms with Crippen molar-refractivity contribution >= 4 is 34.4 Å². The molecule has 0 aliphatic carbocycles. The number of hydrogen-bond acceptors (Lipinski definition) is 5. The molecule has 0 saturated carbocycles. The number of nitrogens with two attached hydrogens (primary N) is 2. The number of carbonyl (C=O) groups excluding carboxylic acids is 2. The Balaban J connectivity index is 0. The number of rotatable bonds is 2. The fraction of sp³-hybridized carbons (Fsp3) is 0.500. The van der Waals surface area contributed by atoms with Crippen LogP contribution in [0.1, 0.15) is 0 Å². The molecule has 0 unspecified atom stereocenters. The average Bonchev–Trinajstić information content (AvgIpc) is 1.87. The molecule has 0 aliphatic heterocycles. The second-order valence-electron chi connectivity index (χ2n) is 1.25. The van der Waals surface area contributed by atoms with Crippen LogP contribution in [0.5, 0.6) is 0 Å². The Kier molecular flexibility index (Phi) is 8.81. The van der Waals surface area contributed by atoms with E-state index in [1.807, 2.05) is 0 Å². The first-order valence-corrected chi connectivity index (χ1v) is 3.16. The molecule has 0 amide bonds. The van der Waals surface area contributed by atoms with E-state index in [9.17, 15) is 9.59 Å². The maximum Gasteiger partial charge on any atom is 0.210 e. The Labute approximate surface area is 69.1 Å². The lowest BCUT2D eigenvalue weighted by atomic mass is 10.8. The third kappa shape index (κ3) is 6.03. The molecule has 10 heavy (non-hydrogen) atoms. The highest BCUT2D eigenvalue weighted by atomic mass is 35.5. The second kappa shape index (κ2) is 7.01. The maximum absolute atomic E-state index is 10.3. The van der Waals surface area contributed by atoms with Gasteiger partial charge in [0.2, 0.25) is 10.2 Å². The summed E-state index contributed by atoms with van der Waals surface area (Å²) in [6, 6.07) is 0. The molecular weight excluding hydrogens is 176 g/mol. The summed E-state index contributed by atoms with van der Waals surface area (Å²) >= 11 is 0.572. The van der Waals surface area contributed by atoms with Gasteiger partial charge in [0.1, 0.15) is 0 Å². The molecule has 6 heteroatoms. The summed E-state index contributed by atoms with van der Waals surface area (Å²) in [5.41, 5.74) is 9.82. The summed E-state index contributed by atoms with van der Waals surface area (Å²) < 4.78 is 0. The highest BCUT2D eigenvalue weighted by molar-refractivity contribution is 8.26. The predicted octanol–water partition coefficient (Wildman–Crippen LogP) is -0.888. The minimum atomic E-state index is -0.342. The first-order valence-electron chi connectivity index (χ1n) is 2.34. The minimum absolute atomic E-state index is 0. The molecule has 0 bridgehead atoms. The van der Waals surface area contributed by atoms with Crippen molar-refractivity contribution in [3.8, 4) is 0 Å². The lowest BCUT2D eigenvalue weighted by Crippen LogP contribution is -2.16. The van der Waals surface area contributed by atoms with E-state index in [2.05, 4.69) is 0 Å². The Morgan fingerprint density at radius 1 is 1.10 bits per heavy atom. The van der Waals surface area contributed by atoms with Crippen molar-refractivity contribution in [3.63, 3.8) is 0 Å². The molecule has 0 aromatic rings. The van der Waals surface area contributed by atoms with Crippen LogP contribution in [0.2, 0.25) is 0 Å². The SMILES string of the molecule is Cl.NCC(=O)SC(=O)CN. The van der Waals surface area contributed by atoms with E-state index in [0.29, 0.717) is 11.8 Å². The molecule has 0 atom stereocenters. The van der Waals surface area contributed by atoms with Crippen LogP contribution in [0.25, 0.3) is 0 Å². The zero-order chi connectivity index (χ0) is 7.28. The third-order valence-corrected chi connectivity index (χ3v) is 1.35. The van der Waals surface area contributed by atoms with Crippen LogP contribution < -0.4 is 11.5 Å². The summed E-state index contributed by atoms with van der Waals surface area (Å²) in [4.78, 5) is 20.7. The average molecular weight is 185 g/mol. The van der Waals surface area contributed by atoms with E-state index in [-0.39, 0.29) is 35.7 Å². The number of hydrogen-bond donors (Lipinski definition) is 2. The first kappa shape index (κ1) is 12.6. The van der Waals surface area contributed by atoms with Crippen LogP contribution in [0.4, 0.5) is 0 Å². The predicted molar refractivity (Wildman–Crippen MR) is 43.0 cm³/mol. The van der Waals surface area contributed by atoms with Gasteiger partial charge in [-0.1, -0.05) is 0 Å². The van der Waals surface area contributed by atoms with Crippen molar-refractivity contribution in [2.24, 2.45) is 11.5 Å². The topological polar surface area (TPSA) is 86.2 Å². The van der Waals surface area contributed by atoms with Crippen LogP contribution >= 0.6 is 24.2 Å². The molecule has 0 aromatic heterocycles. The summed E-state index contributed by atoms with van der Waals surface area (Å²) in [6.45, 7) is -0.229. The molecule has 0 aliphatic rings. The van der Waals surface area contributed by atoms with E-state index in [1.165, 1.54) is 0 Å². The van der Waals surface area contributed by atoms with E-state index in [0.717, 1.165) is 0 Å². The molecule has 60 valence electrons. The van der Waals surface area contributed by atoms with Gasteiger partial charge in [-0.15, -0.1) is 12.4 Å². The highest BCUT2D eigenvalue weighted by Gasteiger charge is 2.05. The van der Waals surface area contributed by atoms with Crippen molar-refractivity contribution in [3.05, 3.63) is 0 Å². The Bertz CT molecular complexity index is 116. The normalized spacial score (nSPS) is 8.20. The molecule has 0 heterocycles. The van der Waals surface area contributed by atoms with Crippen LogP contribution in [-0.4, -0.2) is 23.3 Å². The first-order chi connectivity index (χ1) is 4.20. The Morgan fingerprint density at radius 3 is 1.60 bits per heavy atom. The van der Waals surface area contributed by atoms with Gasteiger partial charge in [0, 0.05) is 0 Å². The number of halogens is 1.